The van der Waals surface area contributed by atoms with Gasteiger partial charge in [-0.2, -0.15) is 0 Å². The first kappa shape index (κ1) is 11.6. The van der Waals surface area contributed by atoms with Gasteiger partial charge in [-0.25, -0.2) is 4.89 Å². The molecule has 1 N–H and O–H groups in total. The molecule has 1 aromatic carbocycles. The summed E-state index contributed by atoms with van der Waals surface area (Å²) < 4.78 is 0. The molecule has 1 aromatic rings. The highest BCUT2D eigenvalue weighted by molar-refractivity contribution is 5.22. The van der Waals surface area contributed by atoms with Crippen molar-refractivity contribution < 1.29 is 10.1 Å². The predicted octanol–water partition coefficient (Wildman–Crippen LogP) is 3.97. The van der Waals surface area contributed by atoms with E-state index in [1.54, 1.807) is 0 Å². The Labute approximate surface area is 97.2 Å². The Morgan fingerprint density at radius 2 is 1.75 bits per heavy atom. The van der Waals surface area contributed by atoms with Crippen LogP contribution in [0.3, 0.4) is 0 Å². The zero-order valence-corrected chi connectivity index (χ0v) is 9.86. The van der Waals surface area contributed by atoms with Crippen LogP contribution in [0.25, 0.3) is 0 Å². The van der Waals surface area contributed by atoms with E-state index in [-0.39, 0.29) is 0 Å². The third kappa shape index (κ3) is 2.13. The van der Waals surface area contributed by atoms with Crippen molar-refractivity contribution in [1.82, 2.24) is 0 Å². The van der Waals surface area contributed by atoms with E-state index >= 15 is 0 Å². The minimum absolute atomic E-state index is 0.425. The normalized spacial score (nSPS) is 21.6. The molecule has 0 amide bonds. The molecule has 0 aromatic heterocycles. The Morgan fingerprint density at radius 3 is 2.31 bits per heavy atom. The monoisotopic (exact) mass is 220 g/mol. The lowest BCUT2D eigenvalue weighted by molar-refractivity contribution is -0.341. The molecule has 16 heavy (non-hydrogen) atoms. The van der Waals surface area contributed by atoms with Gasteiger partial charge in [0.1, 0.15) is 5.60 Å². The van der Waals surface area contributed by atoms with Crippen LogP contribution in [0.1, 0.15) is 44.6 Å². The summed E-state index contributed by atoms with van der Waals surface area (Å²) in [5, 5.41) is 9.29. The second-order valence-electron chi connectivity index (χ2n) is 4.90. The summed E-state index contributed by atoms with van der Waals surface area (Å²) in [5.41, 5.74) is 0.534. The van der Waals surface area contributed by atoms with Crippen LogP contribution in [0.5, 0.6) is 0 Å². The van der Waals surface area contributed by atoms with Crippen molar-refractivity contribution in [2.45, 2.75) is 44.6 Å². The van der Waals surface area contributed by atoms with Crippen LogP contribution in [0.4, 0.5) is 0 Å². The SMILES string of the molecule is C[C@](OO)(c1ccccc1)C1CCCCC1. The Hall–Kier alpha value is -0.860. The van der Waals surface area contributed by atoms with Crippen LogP contribution in [0.15, 0.2) is 30.3 Å². The number of hydrogen-bond donors (Lipinski definition) is 1. The molecular weight excluding hydrogens is 200 g/mol. The van der Waals surface area contributed by atoms with E-state index in [1.165, 1.54) is 19.3 Å². The Bertz CT molecular complexity index is 317. The largest absolute Gasteiger partial charge is 0.251 e. The van der Waals surface area contributed by atoms with Crippen molar-refractivity contribution in [3.8, 4) is 0 Å². The maximum atomic E-state index is 9.29. The maximum Gasteiger partial charge on any atom is 0.128 e. The molecule has 0 radical (unpaired) electrons. The lowest BCUT2D eigenvalue weighted by Crippen LogP contribution is -2.35. The molecule has 0 saturated heterocycles. The molecule has 0 heterocycles. The van der Waals surface area contributed by atoms with Gasteiger partial charge in [-0.05, 0) is 31.2 Å². The van der Waals surface area contributed by atoms with Crippen molar-refractivity contribution in [3.05, 3.63) is 35.9 Å². The second kappa shape index (κ2) is 4.98. The average molecular weight is 220 g/mol. The summed E-state index contributed by atoms with van der Waals surface area (Å²) in [7, 11) is 0. The fourth-order valence-corrected chi connectivity index (χ4v) is 2.79. The summed E-state index contributed by atoms with van der Waals surface area (Å²) >= 11 is 0. The van der Waals surface area contributed by atoms with Crippen molar-refractivity contribution >= 4 is 0 Å². The minimum Gasteiger partial charge on any atom is -0.251 e. The van der Waals surface area contributed by atoms with E-state index in [1.807, 2.05) is 37.3 Å². The third-order valence-corrected chi connectivity index (χ3v) is 3.92. The molecule has 1 fully saturated rings. The lowest BCUT2D eigenvalue weighted by Gasteiger charge is -2.37. The summed E-state index contributed by atoms with van der Waals surface area (Å²) in [5.74, 6) is 0.425. The summed E-state index contributed by atoms with van der Waals surface area (Å²) in [6, 6.07) is 10.0. The highest BCUT2D eigenvalue weighted by Crippen LogP contribution is 2.41. The van der Waals surface area contributed by atoms with Gasteiger partial charge in [0.2, 0.25) is 0 Å². The topological polar surface area (TPSA) is 29.5 Å². The molecule has 1 atom stereocenters. The van der Waals surface area contributed by atoms with Crippen molar-refractivity contribution in [3.63, 3.8) is 0 Å². The number of rotatable bonds is 3. The van der Waals surface area contributed by atoms with Gasteiger partial charge in [0.25, 0.3) is 0 Å². The van der Waals surface area contributed by atoms with Crippen LogP contribution >= 0.6 is 0 Å². The number of hydrogen-bond acceptors (Lipinski definition) is 2. The van der Waals surface area contributed by atoms with Crippen LogP contribution in [-0.4, -0.2) is 5.26 Å². The van der Waals surface area contributed by atoms with Crippen molar-refractivity contribution in [1.29, 1.82) is 0 Å². The van der Waals surface area contributed by atoms with Gasteiger partial charge in [0.05, 0.1) is 0 Å². The molecule has 0 aliphatic heterocycles. The molecule has 88 valence electrons. The standard InChI is InChI=1S/C14H20O2/c1-14(16-15,12-8-4-2-5-9-12)13-10-6-3-7-11-13/h2,4-5,8-9,13,15H,3,6-7,10-11H2,1H3/t14-/m0/s1. The van der Waals surface area contributed by atoms with E-state index in [0.717, 1.165) is 18.4 Å². The van der Waals surface area contributed by atoms with Gasteiger partial charge < -0.3 is 0 Å². The zero-order valence-electron chi connectivity index (χ0n) is 9.86. The van der Waals surface area contributed by atoms with Crippen LogP contribution in [0, 0.1) is 5.92 Å². The fraction of sp³-hybridized carbons (Fsp3) is 0.571. The van der Waals surface area contributed by atoms with E-state index in [4.69, 9.17) is 4.89 Å². The van der Waals surface area contributed by atoms with E-state index in [0.29, 0.717) is 5.92 Å². The maximum absolute atomic E-state index is 9.29. The van der Waals surface area contributed by atoms with Gasteiger partial charge >= 0.3 is 0 Å². The predicted molar refractivity (Wildman–Crippen MR) is 64.1 cm³/mol. The van der Waals surface area contributed by atoms with Crippen molar-refractivity contribution in [2.75, 3.05) is 0 Å². The van der Waals surface area contributed by atoms with E-state index in [2.05, 4.69) is 0 Å². The summed E-state index contributed by atoms with van der Waals surface area (Å²) in [4.78, 5) is 4.86. The third-order valence-electron chi connectivity index (χ3n) is 3.92. The zero-order chi connectivity index (χ0) is 11.4. The molecule has 1 saturated carbocycles. The smallest absolute Gasteiger partial charge is 0.128 e. The van der Waals surface area contributed by atoms with Crippen molar-refractivity contribution in [2.24, 2.45) is 5.92 Å². The van der Waals surface area contributed by atoms with Gasteiger partial charge in [-0.15, -0.1) is 0 Å². The minimum atomic E-state index is -0.540. The molecule has 1 aliphatic carbocycles. The Balaban J connectivity index is 2.24. The molecule has 0 spiro atoms. The number of benzene rings is 1. The first-order chi connectivity index (χ1) is 7.77. The average Bonchev–Trinajstić information content (AvgIpc) is 2.40. The van der Waals surface area contributed by atoms with Crippen LogP contribution in [-0.2, 0) is 10.5 Å². The molecular formula is C14H20O2. The molecule has 2 nitrogen and oxygen atoms in total. The fourth-order valence-electron chi connectivity index (χ4n) is 2.79. The molecule has 0 bridgehead atoms. The Kier molecular flexibility index (Phi) is 3.62. The highest BCUT2D eigenvalue weighted by Gasteiger charge is 2.38. The van der Waals surface area contributed by atoms with E-state index < -0.39 is 5.60 Å². The molecule has 1 aliphatic rings. The highest BCUT2D eigenvalue weighted by atomic mass is 17.1. The summed E-state index contributed by atoms with van der Waals surface area (Å²) in [6.07, 6.45) is 6.09. The molecule has 2 rings (SSSR count). The quantitative estimate of drug-likeness (QED) is 0.617. The lowest BCUT2D eigenvalue weighted by atomic mass is 9.74. The van der Waals surface area contributed by atoms with Gasteiger partial charge in [0.15, 0.2) is 0 Å². The molecule has 0 unspecified atom stereocenters. The first-order valence-corrected chi connectivity index (χ1v) is 6.15. The first-order valence-electron chi connectivity index (χ1n) is 6.15. The van der Waals surface area contributed by atoms with Gasteiger partial charge in [-0.3, -0.25) is 5.26 Å². The van der Waals surface area contributed by atoms with Gasteiger partial charge in [0, 0.05) is 0 Å². The van der Waals surface area contributed by atoms with Crippen LogP contribution in [0.2, 0.25) is 0 Å². The van der Waals surface area contributed by atoms with Gasteiger partial charge in [-0.1, -0.05) is 49.6 Å². The Morgan fingerprint density at radius 1 is 1.12 bits per heavy atom. The second-order valence-corrected chi connectivity index (χ2v) is 4.90. The molecule has 2 heteroatoms. The van der Waals surface area contributed by atoms with Crippen LogP contribution < -0.4 is 0 Å². The van der Waals surface area contributed by atoms with E-state index in [9.17, 15) is 5.26 Å². The summed E-state index contributed by atoms with van der Waals surface area (Å²) in [6.45, 7) is 2.00.